The molecule has 0 fully saturated rings. The fourth-order valence-corrected chi connectivity index (χ4v) is 1.92. The highest BCUT2D eigenvalue weighted by molar-refractivity contribution is 7.94. The van der Waals surface area contributed by atoms with E-state index in [-0.39, 0.29) is 4.90 Å². The molecule has 76 valence electrons. The summed E-state index contributed by atoms with van der Waals surface area (Å²) in [5.41, 5.74) is 0.787. The van der Waals surface area contributed by atoms with Gasteiger partial charge >= 0.3 is 0 Å². The second-order valence-electron chi connectivity index (χ2n) is 2.84. The van der Waals surface area contributed by atoms with Crippen LogP contribution in [-0.2, 0) is 9.84 Å². The first-order valence-corrected chi connectivity index (χ1v) is 5.58. The van der Waals surface area contributed by atoms with Gasteiger partial charge in [0.1, 0.15) is 5.75 Å². The molecule has 0 aliphatic heterocycles. The van der Waals surface area contributed by atoms with Crippen molar-refractivity contribution >= 4 is 9.84 Å². The largest absolute Gasteiger partial charge is 0.496 e. The highest BCUT2D eigenvalue weighted by atomic mass is 32.2. The molecule has 0 unspecified atom stereocenters. The van der Waals surface area contributed by atoms with Gasteiger partial charge < -0.3 is 4.74 Å². The van der Waals surface area contributed by atoms with E-state index in [1.54, 1.807) is 26.2 Å². The van der Waals surface area contributed by atoms with Crippen molar-refractivity contribution in [1.82, 2.24) is 0 Å². The minimum atomic E-state index is -3.34. The Labute approximate surface area is 83.9 Å². The SMILES string of the molecule is C=CS(=O)(=O)c1ccc(OC)c(C)c1. The molecular weight excluding hydrogens is 200 g/mol. The molecule has 0 aromatic heterocycles. The van der Waals surface area contributed by atoms with E-state index in [4.69, 9.17) is 4.74 Å². The predicted molar refractivity (Wildman–Crippen MR) is 55.1 cm³/mol. The van der Waals surface area contributed by atoms with Crippen molar-refractivity contribution in [2.24, 2.45) is 0 Å². The molecular formula is C10H12O3S. The Bertz CT molecular complexity index is 446. The van der Waals surface area contributed by atoms with Gasteiger partial charge in [-0.15, -0.1) is 0 Å². The van der Waals surface area contributed by atoms with Crippen LogP contribution in [0.3, 0.4) is 0 Å². The number of benzene rings is 1. The molecule has 1 rings (SSSR count). The molecule has 14 heavy (non-hydrogen) atoms. The predicted octanol–water partition coefficient (Wildman–Crippen LogP) is 1.92. The van der Waals surface area contributed by atoms with Crippen molar-refractivity contribution in [3.63, 3.8) is 0 Å². The summed E-state index contributed by atoms with van der Waals surface area (Å²) in [5.74, 6) is 0.674. The lowest BCUT2D eigenvalue weighted by atomic mass is 10.2. The number of hydrogen-bond donors (Lipinski definition) is 0. The number of aryl methyl sites for hydroxylation is 1. The fraction of sp³-hybridized carbons (Fsp3) is 0.200. The third-order valence-corrected chi connectivity index (χ3v) is 3.26. The third-order valence-electron chi connectivity index (χ3n) is 1.91. The Morgan fingerprint density at radius 3 is 2.50 bits per heavy atom. The van der Waals surface area contributed by atoms with E-state index in [0.717, 1.165) is 11.0 Å². The number of ether oxygens (including phenoxy) is 1. The standard InChI is InChI=1S/C10H12O3S/c1-4-14(11,12)9-5-6-10(13-3)8(2)7-9/h4-7H,1H2,2-3H3. The smallest absolute Gasteiger partial charge is 0.199 e. The summed E-state index contributed by atoms with van der Waals surface area (Å²) in [6.45, 7) is 5.05. The molecule has 0 bridgehead atoms. The zero-order valence-corrected chi connectivity index (χ0v) is 8.97. The first kappa shape index (κ1) is 10.8. The fourth-order valence-electron chi connectivity index (χ4n) is 1.12. The van der Waals surface area contributed by atoms with Gasteiger partial charge in [0.15, 0.2) is 9.84 Å². The lowest BCUT2D eigenvalue weighted by Crippen LogP contribution is -1.97. The third kappa shape index (κ3) is 1.96. The average molecular weight is 212 g/mol. The Hall–Kier alpha value is -1.29. The minimum absolute atomic E-state index is 0.241. The first-order valence-electron chi connectivity index (χ1n) is 4.03. The van der Waals surface area contributed by atoms with Crippen molar-refractivity contribution < 1.29 is 13.2 Å². The number of sulfone groups is 1. The Morgan fingerprint density at radius 1 is 1.43 bits per heavy atom. The van der Waals surface area contributed by atoms with Crippen LogP contribution < -0.4 is 4.74 Å². The van der Waals surface area contributed by atoms with E-state index in [1.807, 2.05) is 0 Å². The normalized spacial score (nSPS) is 11.0. The van der Waals surface area contributed by atoms with E-state index >= 15 is 0 Å². The Morgan fingerprint density at radius 2 is 2.07 bits per heavy atom. The van der Waals surface area contributed by atoms with Gasteiger partial charge in [-0.25, -0.2) is 8.42 Å². The van der Waals surface area contributed by atoms with Crippen LogP contribution in [0.2, 0.25) is 0 Å². The summed E-state index contributed by atoms with van der Waals surface area (Å²) < 4.78 is 27.8. The molecule has 0 amide bonds. The van der Waals surface area contributed by atoms with E-state index < -0.39 is 9.84 Å². The summed E-state index contributed by atoms with van der Waals surface area (Å²) in [5, 5.41) is 0.939. The summed E-state index contributed by atoms with van der Waals surface area (Å²) in [4.78, 5) is 0.241. The van der Waals surface area contributed by atoms with Crippen LogP contribution in [0.5, 0.6) is 5.75 Å². The van der Waals surface area contributed by atoms with Gasteiger partial charge in [-0.05, 0) is 30.7 Å². The van der Waals surface area contributed by atoms with Crippen LogP contribution in [-0.4, -0.2) is 15.5 Å². The number of rotatable bonds is 3. The molecule has 1 aromatic carbocycles. The van der Waals surface area contributed by atoms with Gasteiger partial charge in [0.25, 0.3) is 0 Å². The van der Waals surface area contributed by atoms with Crippen molar-refractivity contribution in [3.05, 3.63) is 35.7 Å². The highest BCUT2D eigenvalue weighted by Crippen LogP contribution is 2.22. The zero-order valence-electron chi connectivity index (χ0n) is 8.15. The van der Waals surface area contributed by atoms with Crippen LogP contribution >= 0.6 is 0 Å². The maximum absolute atomic E-state index is 11.4. The van der Waals surface area contributed by atoms with Crippen LogP contribution in [0.25, 0.3) is 0 Å². The lowest BCUT2D eigenvalue weighted by Gasteiger charge is -2.05. The van der Waals surface area contributed by atoms with Gasteiger partial charge in [0.2, 0.25) is 0 Å². The van der Waals surface area contributed by atoms with Crippen LogP contribution in [0.4, 0.5) is 0 Å². The van der Waals surface area contributed by atoms with E-state index in [9.17, 15) is 8.42 Å². The highest BCUT2D eigenvalue weighted by Gasteiger charge is 2.10. The van der Waals surface area contributed by atoms with Crippen LogP contribution in [0.15, 0.2) is 35.1 Å². The molecule has 0 atom stereocenters. The molecule has 1 aromatic rings. The topological polar surface area (TPSA) is 43.4 Å². The molecule has 0 saturated heterocycles. The molecule has 0 aliphatic rings. The van der Waals surface area contributed by atoms with Crippen LogP contribution in [0, 0.1) is 6.92 Å². The van der Waals surface area contributed by atoms with E-state index in [1.165, 1.54) is 6.07 Å². The molecule has 0 N–H and O–H groups in total. The molecule has 4 heteroatoms. The van der Waals surface area contributed by atoms with E-state index in [0.29, 0.717) is 5.75 Å². The maximum Gasteiger partial charge on any atom is 0.199 e. The molecule has 3 nitrogen and oxygen atoms in total. The van der Waals surface area contributed by atoms with Crippen molar-refractivity contribution in [2.75, 3.05) is 7.11 Å². The molecule has 0 heterocycles. The molecule has 0 saturated carbocycles. The van der Waals surface area contributed by atoms with Crippen molar-refractivity contribution in [1.29, 1.82) is 0 Å². The van der Waals surface area contributed by atoms with Crippen LogP contribution in [0.1, 0.15) is 5.56 Å². The molecule has 0 spiro atoms. The quantitative estimate of drug-likeness (QED) is 0.768. The minimum Gasteiger partial charge on any atom is -0.496 e. The zero-order chi connectivity index (χ0) is 10.8. The van der Waals surface area contributed by atoms with E-state index in [2.05, 4.69) is 6.58 Å². The molecule has 0 radical (unpaired) electrons. The Balaban J connectivity index is 3.29. The second kappa shape index (κ2) is 3.84. The maximum atomic E-state index is 11.4. The lowest BCUT2D eigenvalue weighted by molar-refractivity contribution is 0.411. The molecule has 0 aliphatic carbocycles. The first-order chi connectivity index (χ1) is 6.51. The van der Waals surface area contributed by atoms with Gasteiger partial charge in [-0.1, -0.05) is 6.58 Å². The summed E-state index contributed by atoms with van der Waals surface area (Å²) in [6.07, 6.45) is 0. The number of hydrogen-bond acceptors (Lipinski definition) is 3. The van der Waals surface area contributed by atoms with Gasteiger partial charge in [0, 0.05) is 5.41 Å². The number of methoxy groups -OCH3 is 1. The summed E-state index contributed by atoms with van der Waals surface area (Å²) >= 11 is 0. The van der Waals surface area contributed by atoms with Gasteiger partial charge in [-0.3, -0.25) is 0 Å². The Kier molecular flexibility index (Phi) is 2.96. The van der Waals surface area contributed by atoms with Gasteiger partial charge in [0.05, 0.1) is 12.0 Å². The average Bonchev–Trinajstić information content (AvgIpc) is 2.17. The summed E-state index contributed by atoms with van der Waals surface area (Å²) in [7, 11) is -1.79. The van der Waals surface area contributed by atoms with Crippen molar-refractivity contribution in [3.8, 4) is 5.75 Å². The van der Waals surface area contributed by atoms with Crippen molar-refractivity contribution in [2.45, 2.75) is 11.8 Å². The summed E-state index contributed by atoms with van der Waals surface area (Å²) in [6, 6.07) is 4.70. The van der Waals surface area contributed by atoms with Gasteiger partial charge in [-0.2, -0.15) is 0 Å². The monoisotopic (exact) mass is 212 g/mol. The second-order valence-corrected chi connectivity index (χ2v) is 4.74.